The molecule has 14 heavy (non-hydrogen) atoms. The first-order chi connectivity index (χ1) is 6.75. The maximum Gasteiger partial charge on any atom is 0.349 e. The fraction of sp³-hybridized carbons (Fsp3) is 0. The maximum absolute atomic E-state index is 4.94. The highest BCUT2D eigenvalue weighted by molar-refractivity contribution is 9.02. The highest BCUT2D eigenvalue weighted by Crippen LogP contribution is 2.36. The average molecular weight is 299 g/mol. The van der Waals surface area contributed by atoms with Gasteiger partial charge in [0, 0.05) is 0 Å². The van der Waals surface area contributed by atoms with E-state index < -0.39 is 0 Å². The first kappa shape index (κ1) is 10.9. The molecule has 2 aromatic heterocycles. The molecule has 0 bridgehead atoms. The van der Waals surface area contributed by atoms with Crippen LogP contribution in [-0.4, -0.2) is 20.4 Å². The molecule has 0 amide bonds. The van der Waals surface area contributed by atoms with Gasteiger partial charge in [0.25, 0.3) is 0 Å². The molecule has 0 fully saturated rings. The van der Waals surface area contributed by atoms with E-state index in [0.29, 0.717) is 3.95 Å². The third-order valence-corrected chi connectivity index (χ3v) is 8.10. The summed E-state index contributed by atoms with van der Waals surface area (Å²) >= 11 is 12.3. The number of thiol groups is 1. The van der Waals surface area contributed by atoms with Crippen LogP contribution in [0.25, 0.3) is 0 Å². The van der Waals surface area contributed by atoms with Gasteiger partial charge in [0.2, 0.25) is 13.3 Å². The van der Waals surface area contributed by atoms with Crippen molar-refractivity contribution in [1.29, 1.82) is 0 Å². The minimum Gasteiger partial charge on any atom is -0.254 e. The number of nitrogens with one attached hydrogen (secondary N) is 1. The predicted octanol–water partition coefficient (Wildman–Crippen LogP) is 2.58. The topological polar surface area (TPSA) is 54.5 Å². The summed E-state index contributed by atoms with van der Waals surface area (Å²) in [5.74, 6) is 0. The van der Waals surface area contributed by atoms with Gasteiger partial charge in [-0.25, -0.2) is 0 Å². The molecule has 2 heterocycles. The second kappa shape index (κ2) is 4.94. The Balaban J connectivity index is 2.10. The van der Waals surface area contributed by atoms with E-state index in [9.17, 15) is 0 Å². The number of nitrogens with zero attached hydrogens (tertiary/aromatic N) is 3. The molecule has 0 spiro atoms. The van der Waals surface area contributed by atoms with Crippen LogP contribution in [0.1, 0.15) is 0 Å². The summed E-state index contributed by atoms with van der Waals surface area (Å²) in [5.41, 5.74) is 1.69. The summed E-state index contributed by atoms with van der Waals surface area (Å²) < 4.78 is 2.45. The summed E-state index contributed by atoms with van der Waals surface area (Å²) in [7, 11) is 1.22. The quantitative estimate of drug-likeness (QED) is 0.395. The van der Waals surface area contributed by atoms with Crippen LogP contribution in [0.4, 0.5) is 0 Å². The molecule has 0 radical (unpaired) electrons. The maximum atomic E-state index is 4.94. The monoisotopic (exact) mass is 299 g/mol. The molecule has 74 valence electrons. The molecule has 2 rings (SSSR count). The molecule has 0 aliphatic heterocycles. The molecular formula is C4H3N4S6+. The number of H-pyrrole nitrogens is 1. The SMILES string of the molecule is S=c1[nH]nc([S+](S)Sc2nncs2)s1. The summed E-state index contributed by atoms with van der Waals surface area (Å²) in [5, 5.41) is 14.4. The van der Waals surface area contributed by atoms with Gasteiger partial charge in [-0.15, -0.1) is 15.3 Å². The summed E-state index contributed by atoms with van der Waals surface area (Å²) in [6.45, 7) is 0. The molecule has 1 unspecified atom stereocenters. The minimum absolute atomic E-state index is 0.313. The van der Waals surface area contributed by atoms with Gasteiger partial charge < -0.3 is 0 Å². The first-order valence-electron chi connectivity index (χ1n) is 3.19. The molecule has 0 aliphatic rings. The van der Waals surface area contributed by atoms with E-state index in [1.54, 1.807) is 5.51 Å². The molecule has 0 saturated heterocycles. The van der Waals surface area contributed by atoms with Gasteiger partial charge in [-0.3, -0.25) is 5.10 Å². The molecule has 4 nitrogen and oxygen atoms in total. The van der Waals surface area contributed by atoms with Gasteiger partial charge in [0.1, 0.15) is 5.51 Å². The van der Waals surface area contributed by atoms with Crippen molar-refractivity contribution in [3.8, 4) is 0 Å². The van der Waals surface area contributed by atoms with E-state index in [2.05, 4.69) is 32.1 Å². The molecule has 10 heteroatoms. The average Bonchev–Trinajstić information content (AvgIpc) is 2.75. The van der Waals surface area contributed by atoms with Gasteiger partial charge in [0.05, 0.1) is 11.7 Å². The lowest BCUT2D eigenvalue weighted by Crippen LogP contribution is -1.86. The Morgan fingerprint density at radius 2 is 2.50 bits per heavy atom. The van der Waals surface area contributed by atoms with Crippen LogP contribution in [0.5, 0.6) is 0 Å². The number of rotatable bonds is 3. The van der Waals surface area contributed by atoms with Crippen molar-refractivity contribution in [2.24, 2.45) is 0 Å². The highest BCUT2D eigenvalue weighted by Gasteiger charge is 2.27. The van der Waals surface area contributed by atoms with E-state index in [0.717, 1.165) is 8.68 Å². The van der Waals surface area contributed by atoms with Crippen LogP contribution in [0.3, 0.4) is 0 Å². The number of hydrogen-bond acceptors (Lipinski definition) is 8. The summed E-state index contributed by atoms with van der Waals surface area (Å²) in [6.07, 6.45) is 0. The van der Waals surface area contributed by atoms with Crippen molar-refractivity contribution >= 4 is 66.3 Å². The summed E-state index contributed by atoms with van der Waals surface area (Å²) in [4.78, 5) is 0. The fourth-order valence-corrected chi connectivity index (χ4v) is 6.84. The van der Waals surface area contributed by atoms with Crippen LogP contribution in [0.15, 0.2) is 14.2 Å². The highest BCUT2D eigenvalue weighted by atomic mass is 33.5. The van der Waals surface area contributed by atoms with Crippen molar-refractivity contribution in [3.05, 3.63) is 9.46 Å². The molecule has 1 atom stereocenters. The second-order valence-electron chi connectivity index (χ2n) is 1.92. The second-order valence-corrected chi connectivity index (χ2v) is 9.71. The van der Waals surface area contributed by atoms with Crippen LogP contribution in [-0.2, 0) is 8.96 Å². The van der Waals surface area contributed by atoms with Crippen molar-refractivity contribution in [3.63, 3.8) is 0 Å². The smallest absolute Gasteiger partial charge is 0.254 e. The number of hydrogen-bond donors (Lipinski definition) is 2. The van der Waals surface area contributed by atoms with E-state index in [1.165, 1.54) is 33.5 Å². The van der Waals surface area contributed by atoms with Gasteiger partial charge in [-0.1, -0.05) is 11.3 Å². The largest absolute Gasteiger partial charge is 0.349 e. The number of aromatic amines is 1. The van der Waals surface area contributed by atoms with Gasteiger partial charge >= 0.3 is 4.34 Å². The Hall–Kier alpha value is 0.390. The third kappa shape index (κ3) is 2.70. The van der Waals surface area contributed by atoms with Crippen LogP contribution >= 0.6 is 57.3 Å². The molecular weight excluding hydrogens is 296 g/mol. The van der Waals surface area contributed by atoms with E-state index >= 15 is 0 Å². The van der Waals surface area contributed by atoms with E-state index in [-0.39, 0.29) is 8.96 Å². The van der Waals surface area contributed by atoms with Crippen LogP contribution < -0.4 is 0 Å². The standard InChI is InChI=1S/C4H2N4S6/c9-2-6-8-4(12-2)14(10)13-3-7-5-1-11-3/h1,10H/p+1. The van der Waals surface area contributed by atoms with Gasteiger partial charge in [-0.2, -0.15) is 0 Å². The molecule has 0 saturated carbocycles. The third-order valence-electron chi connectivity index (χ3n) is 1.06. The Kier molecular flexibility index (Phi) is 3.85. The number of aromatic nitrogens is 4. The first-order valence-corrected chi connectivity index (χ1v) is 8.90. The molecule has 2 aromatic rings. The van der Waals surface area contributed by atoms with Crippen LogP contribution in [0.2, 0.25) is 0 Å². The summed E-state index contributed by atoms with van der Waals surface area (Å²) in [6, 6.07) is 0. The minimum atomic E-state index is -0.313. The Morgan fingerprint density at radius 1 is 1.64 bits per heavy atom. The Bertz CT molecular complexity index is 444. The fourth-order valence-electron chi connectivity index (χ4n) is 0.593. The Labute approximate surface area is 104 Å². The van der Waals surface area contributed by atoms with Crippen molar-refractivity contribution in [2.75, 3.05) is 0 Å². The van der Waals surface area contributed by atoms with E-state index in [1.807, 2.05) is 0 Å². The van der Waals surface area contributed by atoms with Gasteiger partial charge in [-0.05, 0) is 23.6 Å². The van der Waals surface area contributed by atoms with Gasteiger partial charge in [0.15, 0.2) is 14.7 Å². The Morgan fingerprint density at radius 3 is 3.07 bits per heavy atom. The van der Waals surface area contributed by atoms with Crippen molar-refractivity contribution < 1.29 is 0 Å². The molecule has 1 N–H and O–H groups in total. The van der Waals surface area contributed by atoms with Crippen LogP contribution in [0, 0.1) is 3.95 Å². The lowest BCUT2D eigenvalue weighted by Gasteiger charge is -1.87. The zero-order chi connectivity index (χ0) is 9.97. The zero-order valence-corrected chi connectivity index (χ0v) is 11.4. The lowest BCUT2D eigenvalue weighted by atomic mass is 11.6. The normalized spacial score (nSPS) is 12.9. The zero-order valence-electron chi connectivity index (χ0n) is 6.41. The predicted molar refractivity (Wildman–Crippen MR) is 67.7 cm³/mol. The van der Waals surface area contributed by atoms with Crippen molar-refractivity contribution in [2.45, 2.75) is 8.68 Å². The molecule has 0 aromatic carbocycles. The lowest BCUT2D eigenvalue weighted by molar-refractivity contribution is 1.00. The van der Waals surface area contributed by atoms with Crippen molar-refractivity contribution in [1.82, 2.24) is 20.4 Å². The molecule has 0 aliphatic carbocycles. The van der Waals surface area contributed by atoms with E-state index in [4.69, 9.17) is 12.2 Å².